The fraction of sp³-hybridized carbons (Fsp3) is 0.333. The van der Waals surface area contributed by atoms with Gasteiger partial charge < -0.3 is 10.3 Å². The molecule has 3 aromatic rings. The maximum Gasteiger partial charge on any atom is 0.0536 e. The van der Waals surface area contributed by atoms with E-state index in [4.69, 9.17) is 5.73 Å². The van der Waals surface area contributed by atoms with Crippen molar-refractivity contribution in [3.63, 3.8) is 0 Å². The number of aromatic nitrogens is 1. The van der Waals surface area contributed by atoms with Gasteiger partial charge in [0.2, 0.25) is 0 Å². The van der Waals surface area contributed by atoms with E-state index >= 15 is 0 Å². The molecule has 0 spiro atoms. The molecule has 0 bridgehead atoms. The molecule has 0 aliphatic rings. The lowest BCUT2D eigenvalue weighted by molar-refractivity contribution is 0.590. The van der Waals surface area contributed by atoms with Gasteiger partial charge in [0.1, 0.15) is 0 Å². The Kier molecular flexibility index (Phi) is 4.03. The number of hydrogen-bond donors (Lipinski definition) is 1. The SMILES string of the molecule is CCn1c(-c2ccc(C(C)(C)C)cc2)c(CN)c2ccccc21. The molecule has 2 heteroatoms. The van der Waals surface area contributed by atoms with Crippen LogP contribution in [-0.4, -0.2) is 4.57 Å². The van der Waals surface area contributed by atoms with Gasteiger partial charge in [-0.2, -0.15) is 0 Å². The van der Waals surface area contributed by atoms with Crippen molar-refractivity contribution in [2.24, 2.45) is 5.73 Å². The predicted molar refractivity (Wildman–Crippen MR) is 99.6 cm³/mol. The molecule has 23 heavy (non-hydrogen) atoms. The highest BCUT2D eigenvalue weighted by atomic mass is 15.0. The van der Waals surface area contributed by atoms with Crippen molar-refractivity contribution in [2.75, 3.05) is 0 Å². The van der Waals surface area contributed by atoms with Gasteiger partial charge in [0.25, 0.3) is 0 Å². The molecule has 0 radical (unpaired) electrons. The Balaban J connectivity index is 2.23. The fourth-order valence-corrected chi connectivity index (χ4v) is 3.37. The summed E-state index contributed by atoms with van der Waals surface area (Å²) in [4.78, 5) is 0. The van der Waals surface area contributed by atoms with Gasteiger partial charge in [-0.25, -0.2) is 0 Å². The number of para-hydroxylation sites is 1. The van der Waals surface area contributed by atoms with Gasteiger partial charge in [0.15, 0.2) is 0 Å². The molecule has 0 saturated heterocycles. The minimum absolute atomic E-state index is 0.173. The first-order chi connectivity index (χ1) is 11.0. The van der Waals surface area contributed by atoms with Crippen LogP contribution in [-0.2, 0) is 18.5 Å². The molecular weight excluding hydrogens is 280 g/mol. The topological polar surface area (TPSA) is 30.9 Å². The van der Waals surface area contributed by atoms with Crippen LogP contribution < -0.4 is 5.73 Å². The van der Waals surface area contributed by atoms with Crippen molar-refractivity contribution >= 4 is 10.9 Å². The van der Waals surface area contributed by atoms with Crippen molar-refractivity contribution in [2.45, 2.75) is 46.2 Å². The first kappa shape index (κ1) is 15.8. The molecule has 2 nitrogen and oxygen atoms in total. The minimum Gasteiger partial charge on any atom is -0.340 e. The zero-order valence-corrected chi connectivity index (χ0v) is 14.6. The standard InChI is InChI=1S/C21H26N2/c1-5-23-19-9-7-6-8-17(19)18(14-22)20(23)15-10-12-16(13-11-15)21(2,3)4/h6-13H,5,14,22H2,1-4H3. The highest BCUT2D eigenvalue weighted by Gasteiger charge is 2.18. The normalized spacial score (nSPS) is 12.0. The van der Waals surface area contributed by atoms with Gasteiger partial charge in [0.05, 0.1) is 5.69 Å². The van der Waals surface area contributed by atoms with Crippen LogP contribution in [0, 0.1) is 0 Å². The summed E-state index contributed by atoms with van der Waals surface area (Å²) in [5.41, 5.74) is 12.7. The summed E-state index contributed by atoms with van der Waals surface area (Å²) in [6.07, 6.45) is 0. The van der Waals surface area contributed by atoms with Crippen molar-refractivity contribution in [1.82, 2.24) is 4.57 Å². The van der Waals surface area contributed by atoms with E-state index in [0.717, 1.165) is 6.54 Å². The second-order valence-electron chi connectivity index (χ2n) is 7.12. The zero-order chi connectivity index (χ0) is 16.6. The third-order valence-corrected chi connectivity index (χ3v) is 4.62. The van der Waals surface area contributed by atoms with Crippen molar-refractivity contribution in [1.29, 1.82) is 0 Å². The molecule has 1 aromatic heterocycles. The Morgan fingerprint density at radius 1 is 0.957 bits per heavy atom. The molecule has 0 fully saturated rings. The molecule has 1 heterocycles. The molecule has 0 atom stereocenters. The fourth-order valence-electron chi connectivity index (χ4n) is 3.37. The lowest BCUT2D eigenvalue weighted by Gasteiger charge is -2.19. The Bertz CT molecular complexity index is 776. The van der Waals surface area contributed by atoms with E-state index in [2.05, 4.69) is 80.8 Å². The predicted octanol–water partition coefficient (Wildman–Crippen LogP) is 5.08. The highest BCUT2D eigenvalue weighted by molar-refractivity contribution is 5.91. The second-order valence-corrected chi connectivity index (χ2v) is 7.12. The smallest absolute Gasteiger partial charge is 0.0536 e. The molecule has 3 rings (SSSR count). The van der Waals surface area contributed by atoms with Crippen LogP contribution in [0.25, 0.3) is 22.2 Å². The first-order valence-electron chi connectivity index (χ1n) is 8.38. The number of nitrogens with two attached hydrogens (primary N) is 1. The molecule has 120 valence electrons. The van der Waals surface area contributed by atoms with Crippen LogP contribution in [0.1, 0.15) is 38.8 Å². The average molecular weight is 306 g/mol. The Labute approximate surface area is 138 Å². The monoisotopic (exact) mass is 306 g/mol. The van der Waals surface area contributed by atoms with Gasteiger partial charge in [-0.05, 0) is 35.1 Å². The van der Waals surface area contributed by atoms with Crippen molar-refractivity contribution in [3.8, 4) is 11.3 Å². The molecule has 0 aliphatic carbocycles. The van der Waals surface area contributed by atoms with Gasteiger partial charge in [0, 0.05) is 24.0 Å². The number of nitrogens with zero attached hydrogens (tertiary/aromatic N) is 1. The van der Waals surface area contributed by atoms with Gasteiger partial charge in [-0.15, -0.1) is 0 Å². The Hall–Kier alpha value is -2.06. The molecule has 0 aliphatic heterocycles. The summed E-state index contributed by atoms with van der Waals surface area (Å²) in [5, 5.41) is 1.27. The molecule has 2 N–H and O–H groups in total. The number of rotatable bonds is 3. The van der Waals surface area contributed by atoms with Crippen LogP contribution in [0.15, 0.2) is 48.5 Å². The van der Waals surface area contributed by atoms with E-state index in [9.17, 15) is 0 Å². The minimum atomic E-state index is 0.173. The van der Waals surface area contributed by atoms with Crippen molar-refractivity contribution in [3.05, 3.63) is 59.7 Å². The quantitative estimate of drug-likeness (QED) is 0.718. The average Bonchev–Trinajstić information content (AvgIpc) is 2.87. The highest BCUT2D eigenvalue weighted by Crippen LogP contribution is 2.34. The first-order valence-corrected chi connectivity index (χ1v) is 8.38. The van der Waals surface area contributed by atoms with Crippen LogP contribution in [0.4, 0.5) is 0 Å². The summed E-state index contributed by atoms with van der Waals surface area (Å²) in [6.45, 7) is 10.4. The third-order valence-electron chi connectivity index (χ3n) is 4.62. The van der Waals surface area contributed by atoms with Crippen molar-refractivity contribution < 1.29 is 0 Å². The van der Waals surface area contributed by atoms with Crippen LogP contribution in [0.5, 0.6) is 0 Å². The molecular formula is C21H26N2. The molecule has 0 saturated carbocycles. The summed E-state index contributed by atoms with van der Waals surface area (Å²) in [6, 6.07) is 17.5. The van der Waals surface area contributed by atoms with E-state index < -0.39 is 0 Å². The Morgan fingerprint density at radius 2 is 1.61 bits per heavy atom. The van der Waals surface area contributed by atoms with Crippen LogP contribution in [0.3, 0.4) is 0 Å². The zero-order valence-electron chi connectivity index (χ0n) is 14.6. The lowest BCUT2D eigenvalue weighted by Crippen LogP contribution is -2.10. The number of hydrogen-bond acceptors (Lipinski definition) is 1. The summed E-state index contributed by atoms with van der Waals surface area (Å²) < 4.78 is 2.38. The van der Waals surface area contributed by atoms with E-state index in [1.807, 2.05) is 0 Å². The van der Waals surface area contributed by atoms with Gasteiger partial charge in [-0.3, -0.25) is 0 Å². The van der Waals surface area contributed by atoms with E-state index in [1.165, 1.54) is 33.3 Å². The molecule has 0 unspecified atom stereocenters. The maximum atomic E-state index is 6.11. The third kappa shape index (κ3) is 2.68. The Morgan fingerprint density at radius 3 is 2.17 bits per heavy atom. The van der Waals surface area contributed by atoms with Crippen LogP contribution >= 0.6 is 0 Å². The molecule has 2 aromatic carbocycles. The number of aryl methyl sites for hydroxylation is 1. The van der Waals surface area contributed by atoms with E-state index in [1.54, 1.807) is 0 Å². The summed E-state index contributed by atoms with van der Waals surface area (Å²) in [5.74, 6) is 0. The van der Waals surface area contributed by atoms with E-state index in [0.29, 0.717) is 6.54 Å². The summed E-state index contributed by atoms with van der Waals surface area (Å²) in [7, 11) is 0. The maximum absolute atomic E-state index is 6.11. The number of fused-ring (bicyclic) bond motifs is 1. The van der Waals surface area contributed by atoms with E-state index in [-0.39, 0.29) is 5.41 Å². The van der Waals surface area contributed by atoms with Crippen LogP contribution in [0.2, 0.25) is 0 Å². The van der Waals surface area contributed by atoms with Gasteiger partial charge in [-0.1, -0.05) is 63.2 Å². The summed E-state index contributed by atoms with van der Waals surface area (Å²) >= 11 is 0. The largest absolute Gasteiger partial charge is 0.340 e. The lowest BCUT2D eigenvalue weighted by atomic mass is 9.86. The second kappa shape index (κ2) is 5.86. The molecule has 0 amide bonds. The van der Waals surface area contributed by atoms with Gasteiger partial charge >= 0.3 is 0 Å². The number of benzene rings is 2.